The van der Waals surface area contributed by atoms with Crippen molar-refractivity contribution in [2.24, 2.45) is 0 Å². The zero-order valence-electron chi connectivity index (χ0n) is 6.23. The summed E-state index contributed by atoms with van der Waals surface area (Å²) in [5.41, 5.74) is 6.26. The predicted molar refractivity (Wildman–Crippen MR) is 45.4 cm³/mol. The molecular weight excluding hydrogens is 155 g/mol. The molecule has 0 unspecified atom stereocenters. The molecule has 0 amide bonds. The highest BCUT2D eigenvalue weighted by atomic mass is 16.4. The normalized spacial score (nSPS) is 9.08. The van der Waals surface area contributed by atoms with E-state index in [4.69, 9.17) is 21.0 Å². The second kappa shape index (κ2) is 3.26. The Morgan fingerprint density at radius 1 is 1.42 bits per heavy atom. The van der Waals surface area contributed by atoms with Crippen LogP contribution in [0.25, 0.3) is 0 Å². The predicted octanol–water partition coefficient (Wildman–Crippen LogP) is -1.18. The monoisotopic (exact) mass is 162 g/mol. The van der Waals surface area contributed by atoms with Gasteiger partial charge in [0.2, 0.25) is 0 Å². The fourth-order valence-electron chi connectivity index (χ4n) is 0.879. The highest BCUT2D eigenvalue weighted by Gasteiger charge is 2.13. The van der Waals surface area contributed by atoms with Crippen LogP contribution in [0.5, 0.6) is 0 Å². The van der Waals surface area contributed by atoms with Crippen molar-refractivity contribution in [1.82, 2.24) is 0 Å². The van der Waals surface area contributed by atoms with Gasteiger partial charge in [-0.15, -0.1) is 0 Å². The lowest BCUT2D eigenvalue weighted by Crippen LogP contribution is -2.32. The molecule has 0 aromatic heterocycles. The summed E-state index contributed by atoms with van der Waals surface area (Å²) in [4.78, 5) is 0. The van der Waals surface area contributed by atoms with Gasteiger partial charge in [0.1, 0.15) is 0 Å². The Hall–Kier alpha value is -1.51. The van der Waals surface area contributed by atoms with Crippen molar-refractivity contribution < 1.29 is 10.0 Å². The van der Waals surface area contributed by atoms with Gasteiger partial charge in [0.25, 0.3) is 0 Å². The number of hydrogen-bond donors (Lipinski definition) is 3. The summed E-state index contributed by atoms with van der Waals surface area (Å²) >= 11 is 0. The summed E-state index contributed by atoms with van der Waals surface area (Å²) in [6.45, 7) is 0. The molecule has 0 saturated carbocycles. The van der Waals surface area contributed by atoms with Crippen molar-refractivity contribution >= 4 is 18.3 Å². The number of benzene rings is 1. The van der Waals surface area contributed by atoms with Crippen LogP contribution in [0.2, 0.25) is 0 Å². The first kappa shape index (κ1) is 8.59. The summed E-state index contributed by atoms with van der Waals surface area (Å²) < 4.78 is 0. The van der Waals surface area contributed by atoms with Crippen LogP contribution in [0.4, 0.5) is 5.69 Å². The van der Waals surface area contributed by atoms with E-state index in [1.54, 1.807) is 0 Å². The molecule has 0 aliphatic carbocycles. The SMILES string of the molecule is N#Cc1ccc(B(O)O)c(N)c1. The molecule has 1 rings (SSSR count). The van der Waals surface area contributed by atoms with Crippen LogP contribution < -0.4 is 11.2 Å². The number of hydrogen-bond acceptors (Lipinski definition) is 4. The van der Waals surface area contributed by atoms with Crippen LogP contribution in [-0.2, 0) is 0 Å². The first-order valence-corrected chi connectivity index (χ1v) is 3.31. The van der Waals surface area contributed by atoms with Gasteiger partial charge in [-0.2, -0.15) is 5.26 Å². The third-order valence-electron chi connectivity index (χ3n) is 1.49. The smallest absolute Gasteiger partial charge is 0.423 e. The van der Waals surface area contributed by atoms with Crippen LogP contribution in [0, 0.1) is 11.3 Å². The first-order chi connectivity index (χ1) is 5.65. The molecule has 0 bridgehead atoms. The van der Waals surface area contributed by atoms with E-state index in [1.165, 1.54) is 18.2 Å². The fraction of sp³-hybridized carbons (Fsp3) is 0. The Morgan fingerprint density at radius 3 is 2.50 bits per heavy atom. The van der Waals surface area contributed by atoms with Gasteiger partial charge >= 0.3 is 7.12 Å². The standard InChI is InChI=1S/C7H7BN2O2/c9-4-5-1-2-6(8(11)12)7(10)3-5/h1-3,11-12H,10H2. The van der Waals surface area contributed by atoms with E-state index < -0.39 is 7.12 Å². The van der Waals surface area contributed by atoms with Gasteiger partial charge in [-0.05, 0) is 12.1 Å². The number of nitrogen functional groups attached to an aromatic ring is 1. The van der Waals surface area contributed by atoms with E-state index in [-0.39, 0.29) is 11.2 Å². The molecular formula is C7H7BN2O2. The van der Waals surface area contributed by atoms with E-state index in [0.717, 1.165) is 0 Å². The van der Waals surface area contributed by atoms with Gasteiger partial charge < -0.3 is 15.8 Å². The molecule has 4 nitrogen and oxygen atoms in total. The van der Waals surface area contributed by atoms with E-state index in [0.29, 0.717) is 5.56 Å². The molecule has 4 N–H and O–H groups in total. The van der Waals surface area contributed by atoms with Crippen molar-refractivity contribution in [2.75, 3.05) is 5.73 Å². The Morgan fingerprint density at radius 2 is 2.08 bits per heavy atom. The Bertz CT molecular complexity index is 333. The van der Waals surface area contributed by atoms with Crippen molar-refractivity contribution in [1.29, 1.82) is 5.26 Å². The summed E-state index contributed by atoms with van der Waals surface area (Å²) in [7, 11) is -1.59. The number of rotatable bonds is 1. The maximum Gasteiger partial charge on any atom is 0.490 e. The minimum atomic E-state index is -1.59. The zero-order chi connectivity index (χ0) is 9.14. The van der Waals surface area contributed by atoms with Gasteiger partial charge in [0, 0.05) is 11.2 Å². The molecule has 12 heavy (non-hydrogen) atoms. The van der Waals surface area contributed by atoms with E-state index in [9.17, 15) is 0 Å². The maximum absolute atomic E-state index is 8.76. The van der Waals surface area contributed by atoms with Crippen LogP contribution in [-0.4, -0.2) is 17.2 Å². The molecule has 0 heterocycles. The molecule has 60 valence electrons. The third kappa shape index (κ3) is 1.56. The third-order valence-corrected chi connectivity index (χ3v) is 1.49. The largest absolute Gasteiger partial charge is 0.490 e. The highest BCUT2D eigenvalue weighted by molar-refractivity contribution is 6.60. The van der Waals surface area contributed by atoms with Crippen molar-refractivity contribution in [3.8, 4) is 6.07 Å². The van der Waals surface area contributed by atoms with Gasteiger partial charge in [-0.1, -0.05) is 6.07 Å². The summed E-state index contributed by atoms with van der Waals surface area (Å²) in [5, 5.41) is 26.0. The second-order valence-corrected chi connectivity index (χ2v) is 2.33. The molecule has 0 radical (unpaired) electrons. The van der Waals surface area contributed by atoms with Crippen molar-refractivity contribution in [3.63, 3.8) is 0 Å². The molecule has 0 saturated heterocycles. The molecule has 0 atom stereocenters. The van der Waals surface area contributed by atoms with Crippen molar-refractivity contribution in [3.05, 3.63) is 23.8 Å². The zero-order valence-corrected chi connectivity index (χ0v) is 6.23. The Labute approximate surface area is 70.0 Å². The number of nitriles is 1. The number of nitrogens with zero attached hydrogens (tertiary/aromatic N) is 1. The highest BCUT2D eigenvalue weighted by Crippen LogP contribution is 2.03. The van der Waals surface area contributed by atoms with E-state index in [2.05, 4.69) is 0 Å². The molecule has 1 aromatic carbocycles. The summed E-state index contributed by atoms with van der Waals surface area (Å²) in [6, 6.07) is 6.18. The average molecular weight is 162 g/mol. The summed E-state index contributed by atoms with van der Waals surface area (Å²) in [6.07, 6.45) is 0. The molecule has 0 fully saturated rings. The van der Waals surface area contributed by atoms with Crippen LogP contribution >= 0.6 is 0 Å². The minimum Gasteiger partial charge on any atom is -0.423 e. The fourth-order valence-corrected chi connectivity index (χ4v) is 0.879. The minimum absolute atomic E-state index is 0.212. The molecule has 1 aromatic rings. The quantitative estimate of drug-likeness (QED) is 0.358. The lowest BCUT2D eigenvalue weighted by molar-refractivity contribution is 0.426. The topological polar surface area (TPSA) is 90.3 Å². The number of anilines is 1. The van der Waals surface area contributed by atoms with E-state index >= 15 is 0 Å². The molecule has 0 aliphatic rings. The Balaban J connectivity index is 3.14. The lowest BCUT2D eigenvalue weighted by atomic mass is 9.79. The van der Waals surface area contributed by atoms with Crippen LogP contribution in [0.3, 0.4) is 0 Å². The molecule has 5 heteroatoms. The average Bonchev–Trinajstić information content (AvgIpc) is 2.03. The van der Waals surface area contributed by atoms with Crippen LogP contribution in [0.15, 0.2) is 18.2 Å². The molecule has 0 spiro atoms. The number of nitrogens with two attached hydrogens (primary N) is 1. The van der Waals surface area contributed by atoms with E-state index in [1.807, 2.05) is 6.07 Å². The molecule has 0 aliphatic heterocycles. The van der Waals surface area contributed by atoms with Crippen LogP contribution in [0.1, 0.15) is 5.56 Å². The van der Waals surface area contributed by atoms with Gasteiger partial charge in [-0.3, -0.25) is 0 Å². The van der Waals surface area contributed by atoms with Gasteiger partial charge in [-0.25, -0.2) is 0 Å². The van der Waals surface area contributed by atoms with Gasteiger partial charge in [0.05, 0.1) is 11.6 Å². The lowest BCUT2D eigenvalue weighted by Gasteiger charge is -2.02. The first-order valence-electron chi connectivity index (χ1n) is 3.31. The summed E-state index contributed by atoms with van der Waals surface area (Å²) in [5.74, 6) is 0. The maximum atomic E-state index is 8.76. The Kier molecular flexibility index (Phi) is 2.33. The van der Waals surface area contributed by atoms with Gasteiger partial charge in [0.15, 0.2) is 0 Å². The second-order valence-electron chi connectivity index (χ2n) is 2.33. The van der Waals surface area contributed by atoms with Crippen molar-refractivity contribution in [2.45, 2.75) is 0 Å².